The SMILES string of the molecule is NC(=O)C1CCc2c([N+](=O)[O-])cc3[nH]c(=O)c(=O)[nH]c3c2C1. The minimum Gasteiger partial charge on any atom is -0.369 e. The number of fused-ring (bicyclic) bond motifs is 3. The lowest BCUT2D eigenvalue weighted by Crippen LogP contribution is -2.32. The molecule has 9 heteroatoms. The van der Waals surface area contributed by atoms with Gasteiger partial charge in [-0.05, 0) is 24.8 Å². The first-order chi connectivity index (χ1) is 10.4. The number of carbonyl (C=O) groups is 1. The Morgan fingerprint density at radius 1 is 1.27 bits per heavy atom. The van der Waals surface area contributed by atoms with E-state index in [1.807, 2.05) is 0 Å². The summed E-state index contributed by atoms with van der Waals surface area (Å²) in [5, 5.41) is 11.2. The van der Waals surface area contributed by atoms with Crippen molar-refractivity contribution >= 4 is 22.6 Å². The average molecular weight is 304 g/mol. The lowest BCUT2D eigenvalue weighted by molar-refractivity contribution is -0.385. The number of amides is 1. The second kappa shape index (κ2) is 4.79. The Morgan fingerprint density at radius 3 is 2.59 bits per heavy atom. The van der Waals surface area contributed by atoms with Gasteiger partial charge in [0.25, 0.3) is 5.69 Å². The Hall–Kier alpha value is -2.97. The molecule has 3 rings (SSSR count). The molecule has 0 saturated carbocycles. The fourth-order valence-corrected chi connectivity index (χ4v) is 2.93. The number of H-pyrrole nitrogens is 2. The van der Waals surface area contributed by atoms with Crippen molar-refractivity contribution in [1.82, 2.24) is 9.97 Å². The third-order valence-corrected chi connectivity index (χ3v) is 4.01. The van der Waals surface area contributed by atoms with E-state index in [2.05, 4.69) is 9.97 Å². The van der Waals surface area contributed by atoms with E-state index in [4.69, 9.17) is 5.73 Å². The fraction of sp³-hybridized carbons (Fsp3) is 0.308. The maximum absolute atomic E-state index is 11.5. The summed E-state index contributed by atoms with van der Waals surface area (Å²) < 4.78 is 0. The largest absolute Gasteiger partial charge is 0.369 e. The van der Waals surface area contributed by atoms with Crippen LogP contribution in [0.3, 0.4) is 0 Å². The van der Waals surface area contributed by atoms with Crippen molar-refractivity contribution in [2.24, 2.45) is 11.7 Å². The highest BCUT2D eigenvalue weighted by atomic mass is 16.6. The van der Waals surface area contributed by atoms with Crippen LogP contribution >= 0.6 is 0 Å². The van der Waals surface area contributed by atoms with Gasteiger partial charge in [-0.1, -0.05) is 0 Å². The number of nitrogens with zero attached hydrogens (tertiary/aromatic N) is 1. The average Bonchev–Trinajstić information content (AvgIpc) is 2.47. The third-order valence-electron chi connectivity index (χ3n) is 4.01. The van der Waals surface area contributed by atoms with E-state index in [9.17, 15) is 24.5 Å². The van der Waals surface area contributed by atoms with Gasteiger partial charge >= 0.3 is 11.1 Å². The summed E-state index contributed by atoms with van der Waals surface area (Å²) in [6, 6.07) is 1.23. The molecule has 0 spiro atoms. The summed E-state index contributed by atoms with van der Waals surface area (Å²) in [5.74, 6) is -0.940. The molecule has 0 bridgehead atoms. The summed E-state index contributed by atoms with van der Waals surface area (Å²) in [6.07, 6.45) is 0.934. The number of nitro benzene ring substituents is 1. The molecule has 0 saturated heterocycles. The van der Waals surface area contributed by atoms with Gasteiger partial charge in [-0.15, -0.1) is 0 Å². The van der Waals surface area contributed by atoms with Crippen LogP contribution in [0, 0.1) is 16.0 Å². The normalized spacial score (nSPS) is 17.2. The molecule has 2 aromatic rings. The van der Waals surface area contributed by atoms with Crippen molar-refractivity contribution in [3.05, 3.63) is 48.0 Å². The minimum absolute atomic E-state index is 0.131. The molecular weight excluding hydrogens is 292 g/mol. The molecule has 4 N–H and O–H groups in total. The van der Waals surface area contributed by atoms with Gasteiger partial charge in [0.05, 0.1) is 16.0 Å². The number of aromatic amines is 2. The summed E-state index contributed by atoms with van der Waals surface area (Å²) in [4.78, 5) is 49.8. The molecule has 9 nitrogen and oxygen atoms in total. The number of benzene rings is 1. The van der Waals surface area contributed by atoms with Crippen molar-refractivity contribution in [3.8, 4) is 0 Å². The number of hydrogen-bond acceptors (Lipinski definition) is 5. The number of nitrogens with two attached hydrogens (primary N) is 1. The second-order valence-corrected chi connectivity index (χ2v) is 5.28. The van der Waals surface area contributed by atoms with Gasteiger partial charge in [-0.25, -0.2) is 0 Å². The van der Waals surface area contributed by atoms with Crippen LogP contribution in [-0.2, 0) is 17.6 Å². The van der Waals surface area contributed by atoms with E-state index in [0.717, 1.165) is 0 Å². The van der Waals surface area contributed by atoms with Gasteiger partial charge in [0.1, 0.15) is 0 Å². The number of carbonyl (C=O) groups excluding carboxylic acids is 1. The zero-order valence-electron chi connectivity index (χ0n) is 11.3. The number of nitro groups is 1. The first kappa shape index (κ1) is 14.0. The molecule has 0 aliphatic heterocycles. The van der Waals surface area contributed by atoms with Gasteiger partial charge in [0.15, 0.2) is 0 Å². The Labute approximate surface area is 122 Å². The molecule has 1 aromatic heterocycles. The summed E-state index contributed by atoms with van der Waals surface area (Å²) in [7, 11) is 0. The molecule has 1 aliphatic rings. The van der Waals surface area contributed by atoms with Gasteiger partial charge < -0.3 is 15.7 Å². The van der Waals surface area contributed by atoms with E-state index < -0.39 is 27.9 Å². The van der Waals surface area contributed by atoms with E-state index in [1.54, 1.807) is 0 Å². The van der Waals surface area contributed by atoms with Crippen LogP contribution < -0.4 is 16.9 Å². The van der Waals surface area contributed by atoms with Gasteiger partial charge in [0, 0.05) is 17.5 Å². The molecule has 1 heterocycles. The Morgan fingerprint density at radius 2 is 1.95 bits per heavy atom. The van der Waals surface area contributed by atoms with Crippen molar-refractivity contribution in [2.75, 3.05) is 0 Å². The lowest BCUT2D eigenvalue weighted by Gasteiger charge is -2.23. The topological polar surface area (TPSA) is 152 Å². The van der Waals surface area contributed by atoms with Crippen LogP contribution in [0.2, 0.25) is 0 Å². The monoisotopic (exact) mass is 304 g/mol. The van der Waals surface area contributed by atoms with Gasteiger partial charge in [-0.3, -0.25) is 24.5 Å². The first-order valence-corrected chi connectivity index (χ1v) is 6.63. The number of hydrogen-bond donors (Lipinski definition) is 3. The first-order valence-electron chi connectivity index (χ1n) is 6.63. The van der Waals surface area contributed by atoms with Crippen molar-refractivity contribution in [2.45, 2.75) is 19.3 Å². The molecular formula is C13H12N4O5. The number of aromatic nitrogens is 2. The predicted molar refractivity (Wildman–Crippen MR) is 76.6 cm³/mol. The van der Waals surface area contributed by atoms with Crippen LogP contribution in [0.15, 0.2) is 15.7 Å². The highest BCUT2D eigenvalue weighted by Crippen LogP contribution is 2.35. The van der Waals surface area contributed by atoms with Crippen molar-refractivity contribution in [3.63, 3.8) is 0 Å². The van der Waals surface area contributed by atoms with Gasteiger partial charge in [0.2, 0.25) is 5.91 Å². The highest BCUT2D eigenvalue weighted by molar-refractivity contribution is 5.85. The second-order valence-electron chi connectivity index (χ2n) is 5.28. The minimum atomic E-state index is -0.885. The number of nitrogens with one attached hydrogen (secondary N) is 2. The van der Waals surface area contributed by atoms with Crippen LogP contribution in [0.5, 0.6) is 0 Å². The highest BCUT2D eigenvalue weighted by Gasteiger charge is 2.30. The third kappa shape index (κ3) is 2.07. The van der Waals surface area contributed by atoms with Crippen molar-refractivity contribution in [1.29, 1.82) is 0 Å². The molecule has 1 atom stereocenters. The molecule has 0 fully saturated rings. The van der Waals surface area contributed by atoms with Crippen LogP contribution in [0.1, 0.15) is 17.5 Å². The van der Waals surface area contributed by atoms with Crippen LogP contribution in [0.4, 0.5) is 5.69 Å². The lowest BCUT2D eigenvalue weighted by atomic mass is 9.82. The molecule has 1 amide bonds. The standard InChI is InChI=1S/C13H12N4O5/c14-11(18)5-1-2-6-7(3-5)10-8(4-9(6)17(21)22)15-12(19)13(20)16-10/h4-5H,1-3H2,(H2,14,18)(H,15,19)(H,16,20). The van der Waals surface area contributed by atoms with E-state index >= 15 is 0 Å². The Bertz CT molecular complexity index is 926. The Kier molecular flexibility index (Phi) is 3.05. The van der Waals surface area contributed by atoms with Crippen molar-refractivity contribution < 1.29 is 9.72 Å². The molecule has 22 heavy (non-hydrogen) atoms. The van der Waals surface area contributed by atoms with E-state index in [-0.39, 0.29) is 17.6 Å². The van der Waals surface area contributed by atoms with E-state index in [0.29, 0.717) is 29.5 Å². The summed E-state index contributed by atoms with van der Waals surface area (Å²) >= 11 is 0. The zero-order valence-corrected chi connectivity index (χ0v) is 11.3. The molecule has 0 radical (unpaired) electrons. The number of primary amides is 1. The maximum atomic E-state index is 11.5. The molecule has 114 valence electrons. The Balaban J connectivity index is 2.36. The van der Waals surface area contributed by atoms with Crippen LogP contribution in [0.25, 0.3) is 11.0 Å². The smallest absolute Gasteiger partial charge is 0.314 e. The predicted octanol–water partition coefficient (Wildman–Crippen LogP) is -0.285. The molecule has 1 unspecified atom stereocenters. The number of rotatable bonds is 2. The summed E-state index contributed by atoms with van der Waals surface area (Å²) in [6.45, 7) is 0. The van der Waals surface area contributed by atoms with Crippen LogP contribution in [-0.4, -0.2) is 20.8 Å². The fourth-order valence-electron chi connectivity index (χ4n) is 2.93. The summed E-state index contributed by atoms with van der Waals surface area (Å²) in [5.41, 5.74) is 4.90. The zero-order chi connectivity index (χ0) is 16.0. The van der Waals surface area contributed by atoms with Gasteiger partial charge in [-0.2, -0.15) is 0 Å². The maximum Gasteiger partial charge on any atom is 0.314 e. The molecule has 1 aliphatic carbocycles. The molecule has 1 aromatic carbocycles. The van der Waals surface area contributed by atoms with E-state index in [1.165, 1.54) is 6.07 Å². The quantitative estimate of drug-likeness (QED) is 0.395.